The van der Waals surface area contributed by atoms with Crippen molar-refractivity contribution in [3.63, 3.8) is 0 Å². The lowest BCUT2D eigenvalue weighted by Crippen LogP contribution is -2.48. The summed E-state index contributed by atoms with van der Waals surface area (Å²) in [6.45, 7) is 6.53. The fraction of sp³-hybridized carbons (Fsp3) is 0.471. The Balaban J connectivity index is 2.07. The standard InChI is InChI=1S/C17H23ClN2O3/c1-4-19-9-11-20(12-10-19)15(21)8-6-13-5-7-14(22-2)17(23-3)16(13)18/h5-8H,4,9-12H2,1-3H3/b8-6+. The van der Waals surface area contributed by atoms with E-state index in [1.54, 1.807) is 25.3 Å². The molecule has 2 rings (SSSR count). The average Bonchev–Trinajstić information content (AvgIpc) is 2.60. The zero-order chi connectivity index (χ0) is 16.8. The summed E-state index contributed by atoms with van der Waals surface area (Å²) in [5, 5.41) is 0.437. The molecule has 1 heterocycles. The topological polar surface area (TPSA) is 42.0 Å². The number of carbonyl (C=O) groups is 1. The normalized spacial score (nSPS) is 15.9. The van der Waals surface area contributed by atoms with Gasteiger partial charge in [0.2, 0.25) is 5.91 Å². The van der Waals surface area contributed by atoms with Gasteiger partial charge < -0.3 is 19.3 Å². The first-order chi connectivity index (χ1) is 11.1. The third kappa shape index (κ3) is 4.18. The van der Waals surface area contributed by atoms with Crippen LogP contribution in [0.4, 0.5) is 0 Å². The number of amides is 1. The van der Waals surface area contributed by atoms with Gasteiger partial charge in [-0.1, -0.05) is 18.5 Å². The van der Waals surface area contributed by atoms with Crippen molar-refractivity contribution in [2.45, 2.75) is 6.92 Å². The predicted octanol–water partition coefficient (Wildman–Crippen LogP) is 2.53. The highest BCUT2D eigenvalue weighted by molar-refractivity contribution is 6.33. The lowest BCUT2D eigenvalue weighted by atomic mass is 10.1. The highest BCUT2D eigenvalue weighted by atomic mass is 35.5. The predicted molar refractivity (Wildman–Crippen MR) is 92.3 cm³/mol. The van der Waals surface area contributed by atoms with Gasteiger partial charge in [0.25, 0.3) is 0 Å². The molecule has 1 aromatic rings. The summed E-state index contributed by atoms with van der Waals surface area (Å²) in [5.41, 5.74) is 0.727. The molecule has 0 aliphatic carbocycles. The van der Waals surface area contributed by atoms with Crippen molar-refractivity contribution in [3.05, 3.63) is 28.8 Å². The minimum absolute atomic E-state index is 0.00612. The molecule has 0 bridgehead atoms. The van der Waals surface area contributed by atoms with E-state index >= 15 is 0 Å². The first-order valence-corrected chi connectivity index (χ1v) is 8.08. The number of ether oxygens (including phenoxy) is 2. The molecule has 0 aromatic heterocycles. The van der Waals surface area contributed by atoms with Crippen LogP contribution in [0.3, 0.4) is 0 Å². The number of halogens is 1. The molecular formula is C17H23ClN2O3. The molecule has 1 aromatic carbocycles. The Bertz CT molecular complexity index is 581. The summed E-state index contributed by atoms with van der Waals surface area (Å²) >= 11 is 6.31. The van der Waals surface area contributed by atoms with Crippen molar-refractivity contribution < 1.29 is 14.3 Å². The second-order valence-corrected chi connectivity index (χ2v) is 5.68. The number of hydrogen-bond donors (Lipinski definition) is 0. The fourth-order valence-electron chi connectivity index (χ4n) is 2.58. The Kier molecular flexibility index (Phi) is 6.30. The number of nitrogens with zero attached hydrogens (tertiary/aromatic N) is 2. The Morgan fingerprint density at radius 1 is 1.22 bits per heavy atom. The van der Waals surface area contributed by atoms with Crippen LogP contribution < -0.4 is 9.47 Å². The maximum Gasteiger partial charge on any atom is 0.246 e. The van der Waals surface area contributed by atoms with E-state index in [4.69, 9.17) is 21.1 Å². The Morgan fingerprint density at radius 2 is 1.91 bits per heavy atom. The summed E-state index contributed by atoms with van der Waals surface area (Å²) in [7, 11) is 3.10. The highest BCUT2D eigenvalue weighted by Crippen LogP contribution is 2.37. The molecular weight excluding hydrogens is 316 g/mol. The summed E-state index contributed by atoms with van der Waals surface area (Å²) in [5.74, 6) is 1.04. The minimum Gasteiger partial charge on any atom is -0.493 e. The lowest BCUT2D eigenvalue weighted by Gasteiger charge is -2.33. The van der Waals surface area contributed by atoms with Crippen molar-refractivity contribution in [3.8, 4) is 11.5 Å². The molecule has 6 heteroatoms. The van der Waals surface area contributed by atoms with Gasteiger partial charge in [-0.3, -0.25) is 4.79 Å². The van der Waals surface area contributed by atoms with Crippen molar-refractivity contribution in [2.24, 2.45) is 0 Å². The van der Waals surface area contributed by atoms with E-state index in [1.165, 1.54) is 7.11 Å². The Morgan fingerprint density at radius 3 is 2.48 bits per heavy atom. The summed E-state index contributed by atoms with van der Waals surface area (Å²) in [6.07, 6.45) is 3.29. The van der Waals surface area contributed by atoms with Crippen LogP contribution in [0.2, 0.25) is 5.02 Å². The second-order valence-electron chi connectivity index (χ2n) is 5.30. The number of benzene rings is 1. The molecule has 0 radical (unpaired) electrons. The van der Waals surface area contributed by atoms with Crippen molar-refractivity contribution in [1.29, 1.82) is 0 Å². The first-order valence-electron chi connectivity index (χ1n) is 7.70. The molecule has 1 fully saturated rings. The zero-order valence-corrected chi connectivity index (χ0v) is 14.6. The van der Waals surface area contributed by atoms with Crippen LogP contribution in [0.1, 0.15) is 12.5 Å². The molecule has 0 spiro atoms. The molecule has 1 aliphatic rings. The fourth-order valence-corrected chi connectivity index (χ4v) is 2.88. The smallest absolute Gasteiger partial charge is 0.246 e. The Hall–Kier alpha value is -1.72. The van der Waals surface area contributed by atoms with Gasteiger partial charge >= 0.3 is 0 Å². The number of likely N-dealkylation sites (N-methyl/N-ethyl adjacent to an activating group) is 1. The maximum absolute atomic E-state index is 12.3. The van der Waals surface area contributed by atoms with Crippen LogP contribution in [0.5, 0.6) is 11.5 Å². The molecule has 0 unspecified atom stereocenters. The van der Waals surface area contributed by atoms with E-state index < -0.39 is 0 Å². The number of methoxy groups -OCH3 is 2. The number of hydrogen-bond acceptors (Lipinski definition) is 4. The van der Waals surface area contributed by atoms with Gasteiger partial charge in [0.15, 0.2) is 11.5 Å². The number of carbonyl (C=O) groups excluding carboxylic acids is 1. The van der Waals surface area contributed by atoms with E-state index in [-0.39, 0.29) is 5.91 Å². The van der Waals surface area contributed by atoms with Crippen LogP contribution in [0.25, 0.3) is 6.08 Å². The molecule has 126 valence electrons. The average molecular weight is 339 g/mol. The minimum atomic E-state index is 0.00612. The van der Waals surface area contributed by atoms with Gasteiger partial charge in [-0.05, 0) is 30.3 Å². The number of rotatable bonds is 5. The third-order valence-corrected chi connectivity index (χ3v) is 4.44. The highest BCUT2D eigenvalue weighted by Gasteiger charge is 2.18. The summed E-state index contributed by atoms with van der Waals surface area (Å²) in [6, 6.07) is 3.58. The van der Waals surface area contributed by atoms with Gasteiger partial charge in [0, 0.05) is 32.3 Å². The van der Waals surface area contributed by atoms with Crippen LogP contribution in [-0.4, -0.2) is 62.7 Å². The number of piperazine rings is 1. The van der Waals surface area contributed by atoms with Crippen LogP contribution in [0, 0.1) is 0 Å². The molecule has 1 saturated heterocycles. The molecule has 1 aliphatic heterocycles. The van der Waals surface area contributed by atoms with Crippen molar-refractivity contribution in [2.75, 3.05) is 46.9 Å². The quantitative estimate of drug-likeness (QED) is 0.774. The first kappa shape index (κ1) is 17.6. The zero-order valence-electron chi connectivity index (χ0n) is 13.8. The monoisotopic (exact) mass is 338 g/mol. The third-order valence-electron chi connectivity index (χ3n) is 4.05. The van der Waals surface area contributed by atoms with Crippen LogP contribution in [-0.2, 0) is 4.79 Å². The second kappa shape index (κ2) is 8.22. The van der Waals surface area contributed by atoms with E-state index in [0.29, 0.717) is 16.5 Å². The van der Waals surface area contributed by atoms with Gasteiger partial charge in [0.05, 0.1) is 19.2 Å². The lowest BCUT2D eigenvalue weighted by molar-refractivity contribution is -0.127. The molecule has 0 N–H and O–H groups in total. The van der Waals surface area contributed by atoms with E-state index in [0.717, 1.165) is 38.3 Å². The summed E-state index contributed by atoms with van der Waals surface area (Å²) < 4.78 is 10.5. The van der Waals surface area contributed by atoms with Gasteiger partial charge in [-0.2, -0.15) is 0 Å². The van der Waals surface area contributed by atoms with Gasteiger partial charge in [-0.15, -0.1) is 0 Å². The van der Waals surface area contributed by atoms with E-state index in [1.807, 2.05) is 11.0 Å². The van der Waals surface area contributed by atoms with Gasteiger partial charge in [0.1, 0.15) is 0 Å². The summed E-state index contributed by atoms with van der Waals surface area (Å²) in [4.78, 5) is 16.5. The molecule has 5 nitrogen and oxygen atoms in total. The van der Waals surface area contributed by atoms with Crippen LogP contribution >= 0.6 is 11.6 Å². The van der Waals surface area contributed by atoms with E-state index in [2.05, 4.69) is 11.8 Å². The van der Waals surface area contributed by atoms with Crippen molar-refractivity contribution in [1.82, 2.24) is 9.80 Å². The molecule has 23 heavy (non-hydrogen) atoms. The maximum atomic E-state index is 12.3. The SMILES string of the molecule is CCN1CCN(C(=O)/C=C/c2ccc(OC)c(OC)c2Cl)CC1. The van der Waals surface area contributed by atoms with E-state index in [9.17, 15) is 4.79 Å². The molecule has 1 amide bonds. The molecule has 0 atom stereocenters. The van der Waals surface area contributed by atoms with Gasteiger partial charge in [-0.25, -0.2) is 0 Å². The molecule has 0 saturated carbocycles. The largest absolute Gasteiger partial charge is 0.493 e. The van der Waals surface area contributed by atoms with Crippen LogP contribution in [0.15, 0.2) is 18.2 Å². The van der Waals surface area contributed by atoms with Crippen molar-refractivity contribution >= 4 is 23.6 Å². The Labute approximate surface area is 142 Å².